The molecule has 0 amide bonds. The molecule has 18 heavy (non-hydrogen) atoms. The van der Waals surface area contributed by atoms with E-state index in [2.05, 4.69) is 67.4 Å². The van der Waals surface area contributed by atoms with E-state index in [9.17, 15) is 0 Å². The third-order valence-corrected chi connectivity index (χ3v) is 3.34. The van der Waals surface area contributed by atoms with Crippen molar-refractivity contribution in [2.45, 2.75) is 13.8 Å². The van der Waals surface area contributed by atoms with Crippen LogP contribution in [0.3, 0.4) is 0 Å². The highest BCUT2D eigenvalue weighted by molar-refractivity contribution is 5.89. The third-order valence-electron chi connectivity index (χ3n) is 3.34. The van der Waals surface area contributed by atoms with Crippen LogP contribution in [-0.4, -0.2) is 4.98 Å². The summed E-state index contributed by atoms with van der Waals surface area (Å²) in [6, 6.07) is 16.9. The second-order valence-electron chi connectivity index (χ2n) is 4.69. The fourth-order valence-corrected chi connectivity index (χ4v) is 2.39. The van der Waals surface area contributed by atoms with Gasteiger partial charge in [0.1, 0.15) is 0 Å². The van der Waals surface area contributed by atoms with Crippen LogP contribution in [0.4, 0.5) is 0 Å². The Morgan fingerprint density at radius 1 is 0.889 bits per heavy atom. The van der Waals surface area contributed by atoms with Gasteiger partial charge >= 0.3 is 0 Å². The molecule has 88 valence electrons. The van der Waals surface area contributed by atoms with E-state index in [1.807, 2.05) is 6.20 Å². The largest absolute Gasteiger partial charge is 0.255 e. The van der Waals surface area contributed by atoms with Gasteiger partial charge < -0.3 is 0 Å². The van der Waals surface area contributed by atoms with Crippen LogP contribution in [0.5, 0.6) is 0 Å². The summed E-state index contributed by atoms with van der Waals surface area (Å²) in [5, 5.41) is 2.48. The Balaban J connectivity index is 2.27. The first-order valence-electron chi connectivity index (χ1n) is 6.17. The van der Waals surface area contributed by atoms with E-state index in [1.54, 1.807) is 0 Å². The van der Waals surface area contributed by atoms with Gasteiger partial charge in [-0.25, -0.2) is 0 Å². The maximum atomic E-state index is 4.62. The van der Waals surface area contributed by atoms with Gasteiger partial charge in [-0.3, -0.25) is 4.98 Å². The molecule has 0 aliphatic heterocycles. The number of aryl methyl sites for hydroxylation is 2. The third kappa shape index (κ3) is 1.78. The zero-order valence-corrected chi connectivity index (χ0v) is 10.6. The van der Waals surface area contributed by atoms with E-state index in [0.717, 1.165) is 5.69 Å². The normalized spacial score (nSPS) is 10.8. The molecular weight excluding hydrogens is 218 g/mol. The molecule has 2 aromatic carbocycles. The second kappa shape index (κ2) is 4.26. The monoisotopic (exact) mass is 233 g/mol. The summed E-state index contributed by atoms with van der Waals surface area (Å²) in [7, 11) is 0. The molecular formula is C17H15N. The van der Waals surface area contributed by atoms with Crippen molar-refractivity contribution >= 4 is 10.8 Å². The van der Waals surface area contributed by atoms with Crippen LogP contribution < -0.4 is 0 Å². The van der Waals surface area contributed by atoms with Crippen LogP contribution in [0.15, 0.2) is 54.7 Å². The molecule has 0 fully saturated rings. The summed E-state index contributed by atoms with van der Waals surface area (Å²) in [6.07, 6.45) is 1.96. The molecule has 1 nitrogen and oxygen atoms in total. The predicted octanol–water partition coefficient (Wildman–Crippen LogP) is 4.52. The highest BCUT2D eigenvalue weighted by Gasteiger charge is 2.06. The molecule has 0 spiro atoms. The first-order chi connectivity index (χ1) is 8.75. The molecule has 3 rings (SSSR count). The molecule has 0 aliphatic carbocycles. The van der Waals surface area contributed by atoms with Crippen LogP contribution >= 0.6 is 0 Å². The number of fused-ring (bicyclic) bond motifs is 1. The van der Waals surface area contributed by atoms with Crippen molar-refractivity contribution in [2.24, 2.45) is 0 Å². The Morgan fingerprint density at radius 2 is 1.72 bits per heavy atom. The van der Waals surface area contributed by atoms with E-state index in [4.69, 9.17) is 0 Å². The maximum absolute atomic E-state index is 4.62. The van der Waals surface area contributed by atoms with Crippen molar-refractivity contribution in [3.05, 3.63) is 65.9 Å². The Kier molecular flexibility index (Phi) is 2.60. The lowest BCUT2D eigenvalue weighted by molar-refractivity contribution is 1.30. The smallest absolute Gasteiger partial charge is 0.0737 e. The number of hydrogen-bond acceptors (Lipinski definition) is 1. The Labute approximate surface area is 107 Å². The Bertz CT molecular complexity index is 714. The molecule has 1 heterocycles. The first kappa shape index (κ1) is 11.0. The zero-order valence-electron chi connectivity index (χ0n) is 10.6. The number of benzene rings is 2. The molecule has 1 aromatic heterocycles. The molecule has 0 N–H and O–H groups in total. The average Bonchev–Trinajstić information content (AvgIpc) is 2.39. The van der Waals surface area contributed by atoms with Crippen molar-refractivity contribution < 1.29 is 0 Å². The fraction of sp³-hybridized carbons (Fsp3) is 0.118. The van der Waals surface area contributed by atoms with Gasteiger partial charge in [0, 0.05) is 17.1 Å². The van der Waals surface area contributed by atoms with Crippen molar-refractivity contribution in [3.8, 4) is 11.3 Å². The van der Waals surface area contributed by atoms with E-state index in [0.29, 0.717) is 0 Å². The van der Waals surface area contributed by atoms with Gasteiger partial charge in [0.15, 0.2) is 0 Å². The predicted molar refractivity (Wildman–Crippen MR) is 76.7 cm³/mol. The highest BCUT2D eigenvalue weighted by atomic mass is 14.7. The second-order valence-corrected chi connectivity index (χ2v) is 4.69. The molecule has 1 heteroatoms. The minimum absolute atomic E-state index is 1.08. The Morgan fingerprint density at radius 3 is 2.56 bits per heavy atom. The first-order valence-corrected chi connectivity index (χ1v) is 6.17. The maximum Gasteiger partial charge on any atom is 0.0737 e. The van der Waals surface area contributed by atoms with Crippen LogP contribution in [0.25, 0.3) is 22.0 Å². The number of hydrogen-bond donors (Lipinski definition) is 0. The molecule has 0 saturated carbocycles. The van der Waals surface area contributed by atoms with Crippen molar-refractivity contribution in [1.82, 2.24) is 4.98 Å². The van der Waals surface area contributed by atoms with Gasteiger partial charge in [-0.1, -0.05) is 48.0 Å². The van der Waals surface area contributed by atoms with E-state index in [-0.39, 0.29) is 0 Å². The van der Waals surface area contributed by atoms with E-state index < -0.39 is 0 Å². The summed E-state index contributed by atoms with van der Waals surface area (Å²) in [5.74, 6) is 0. The molecule has 0 radical (unpaired) electrons. The van der Waals surface area contributed by atoms with Gasteiger partial charge in [0.05, 0.1) is 5.69 Å². The van der Waals surface area contributed by atoms with E-state index in [1.165, 1.54) is 27.5 Å². The lowest BCUT2D eigenvalue weighted by Gasteiger charge is -2.09. The van der Waals surface area contributed by atoms with Crippen molar-refractivity contribution in [3.63, 3.8) is 0 Å². The molecule has 0 unspecified atom stereocenters. The summed E-state index contributed by atoms with van der Waals surface area (Å²) < 4.78 is 0. The number of aromatic nitrogens is 1. The van der Waals surface area contributed by atoms with Crippen LogP contribution in [-0.2, 0) is 0 Å². The molecule has 0 bridgehead atoms. The SMILES string of the molecule is Cc1cccc(-c2ncc3ccccc3c2C)c1. The van der Waals surface area contributed by atoms with Gasteiger partial charge in [-0.2, -0.15) is 0 Å². The molecule has 0 aliphatic rings. The van der Waals surface area contributed by atoms with Crippen LogP contribution in [0.1, 0.15) is 11.1 Å². The minimum atomic E-state index is 1.08. The van der Waals surface area contributed by atoms with Gasteiger partial charge in [-0.15, -0.1) is 0 Å². The quantitative estimate of drug-likeness (QED) is 0.602. The van der Waals surface area contributed by atoms with Gasteiger partial charge in [0.2, 0.25) is 0 Å². The van der Waals surface area contributed by atoms with Gasteiger partial charge in [-0.05, 0) is 30.9 Å². The lowest BCUT2D eigenvalue weighted by atomic mass is 10.0. The minimum Gasteiger partial charge on any atom is -0.255 e. The van der Waals surface area contributed by atoms with E-state index >= 15 is 0 Å². The summed E-state index contributed by atoms with van der Waals surface area (Å²) >= 11 is 0. The fourth-order valence-electron chi connectivity index (χ4n) is 2.39. The summed E-state index contributed by atoms with van der Waals surface area (Å²) in [6.45, 7) is 4.26. The molecule has 0 saturated heterocycles. The highest BCUT2D eigenvalue weighted by Crippen LogP contribution is 2.27. The molecule has 0 atom stereocenters. The summed E-state index contributed by atoms with van der Waals surface area (Å²) in [5.41, 5.74) is 4.79. The van der Waals surface area contributed by atoms with Crippen molar-refractivity contribution in [2.75, 3.05) is 0 Å². The lowest BCUT2D eigenvalue weighted by Crippen LogP contribution is -1.90. The molecule has 3 aromatic rings. The average molecular weight is 233 g/mol. The number of pyridine rings is 1. The van der Waals surface area contributed by atoms with Crippen LogP contribution in [0, 0.1) is 13.8 Å². The number of rotatable bonds is 1. The topological polar surface area (TPSA) is 12.9 Å². The Hall–Kier alpha value is -2.15. The van der Waals surface area contributed by atoms with Crippen LogP contribution in [0.2, 0.25) is 0 Å². The number of nitrogens with zero attached hydrogens (tertiary/aromatic N) is 1. The standard InChI is InChI=1S/C17H15N/c1-12-6-5-8-14(10-12)17-13(2)16-9-4-3-7-15(16)11-18-17/h3-11H,1-2H3. The zero-order chi connectivity index (χ0) is 12.5. The van der Waals surface area contributed by atoms with Gasteiger partial charge in [0.25, 0.3) is 0 Å². The van der Waals surface area contributed by atoms with Crippen molar-refractivity contribution in [1.29, 1.82) is 0 Å². The summed E-state index contributed by atoms with van der Waals surface area (Å²) in [4.78, 5) is 4.62.